The van der Waals surface area contributed by atoms with Crippen LogP contribution in [0.3, 0.4) is 0 Å². The van der Waals surface area contributed by atoms with Crippen LogP contribution in [0.2, 0.25) is 0 Å². The van der Waals surface area contributed by atoms with Gasteiger partial charge >= 0.3 is 5.97 Å². The first-order valence-electron chi connectivity index (χ1n) is 6.00. The molecule has 0 aromatic carbocycles. The fraction of sp³-hybridized carbons (Fsp3) is 0.538. The van der Waals surface area contributed by atoms with Gasteiger partial charge in [0.2, 0.25) is 0 Å². The third-order valence-corrected chi connectivity index (χ3v) is 3.76. The Morgan fingerprint density at radius 3 is 2.63 bits per heavy atom. The summed E-state index contributed by atoms with van der Waals surface area (Å²) in [6.45, 7) is 5.05. The quantitative estimate of drug-likeness (QED) is 0.740. The van der Waals surface area contributed by atoms with E-state index in [0.29, 0.717) is 5.57 Å². The number of aliphatic hydroxyl groups excluding tert-OH is 2. The van der Waals surface area contributed by atoms with E-state index >= 15 is 0 Å². The van der Waals surface area contributed by atoms with Crippen LogP contribution in [0.5, 0.6) is 0 Å². The number of thiazole rings is 1. The molecule has 0 unspecified atom stereocenters. The highest BCUT2D eigenvalue weighted by Gasteiger charge is 2.24. The molecule has 0 bridgehead atoms. The van der Waals surface area contributed by atoms with E-state index < -0.39 is 24.1 Å². The monoisotopic (exact) mass is 285 g/mol. The summed E-state index contributed by atoms with van der Waals surface area (Å²) in [5, 5.41) is 31.2. The summed E-state index contributed by atoms with van der Waals surface area (Å²) in [6.07, 6.45) is -0.211. The van der Waals surface area contributed by atoms with Crippen molar-refractivity contribution in [1.82, 2.24) is 4.98 Å². The third kappa shape index (κ3) is 4.74. The molecule has 0 aliphatic rings. The first kappa shape index (κ1) is 15.8. The van der Waals surface area contributed by atoms with Gasteiger partial charge in [0, 0.05) is 11.8 Å². The number of aromatic nitrogens is 1. The molecule has 3 atom stereocenters. The van der Waals surface area contributed by atoms with Crippen LogP contribution in [-0.2, 0) is 4.79 Å². The Balaban J connectivity index is 2.64. The molecule has 0 aliphatic heterocycles. The van der Waals surface area contributed by atoms with Gasteiger partial charge in [-0.25, -0.2) is 4.98 Å². The SMILES string of the molecule is C/C(=C\c1csc(C)n1)[C@H](O)C[C@@H](O)[C@H](C)C(=O)O. The van der Waals surface area contributed by atoms with Crippen LogP contribution in [0.1, 0.15) is 31.0 Å². The molecule has 1 aromatic rings. The lowest BCUT2D eigenvalue weighted by molar-refractivity contribution is -0.145. The zero-order chi connectivity index (χ0) is 14.6. The van der Waals surface area contributed by atoms with Gasteiger partial charge in [-0.1, -0.05) is 0 Å². The zero-order valence-electron chi connectivity index (χ0n) is 11.2. The minimum Gasteiger partial charge on any atom is -0.481 e. The highest BCUT2D eigenvalue weighted by atomic mass is 32.1. The van der Waals surface area contributed by atoms with Gasteiger partial charge in [-0.2, -0.15) is 0 Å². The van der Waals surface area contributed by atoms with E-state index in [1.54, 1.807) is 13.0 Å². The number of aliphatic hydroxyl groups is 2. The topological polar surface area (TPSA) is 90.7 Å². The van der Waals surface area contributed by atoms with Gasteiger partial charge in [-0.15, -0.1) is 11.3 Å². The lowest BCUT2D eigenvalue weighted by Crippen LogP contribution is -2.29. The molecule has 1 rings (SSSR count). The summed E-state index contributed by atoms with van der Waals surface area (Å²) in [7, 11) is 0. The first-order chi connectivity index (χ1) is 8.81. The predicted octanol–water partition coefficient (Wildman–Crippen LogP) is 1.69. The van der Waals surface area contributed by atoms with Crippen molar-refractivity contribution in [3.8, 4) is 0 Å². The zero-order valence-corrected chi connectivity index (χ0v) is 12.0. The Labute approximate surface area is 116 Å². The summed E-state index contributed by atoms with van der Waals surface area (Å²) in [6, 6.07) is 0. The average molecular weight is 285 g/mol. The lowest BCUT2D eigenvalue weighted by Gasteiger charge is -2.19. The van der Waals surface area contributed by atoms with Crippen LogP contribution in [0.15, 0.2) is 11.0 Å². The summed E-state index contributed by atoms with van der Waals surface area (Å²) in [5.74, 6) is -1.97. The first-order valence-corrected chi connectivity index (χ1v) is 6.88. The van der Waals surface area contributed by atoms with E-state index in [0.717, 1.165) is 10.7 Å². The number of carboxylic acid groups (broad SMARTS) is 1. The van der Waals surface area contributed by atoms with Crippen molar-refractivity contribution in [2.75, 3.05) is 0 Å². The van der Waals surface area contributed by atoms with Crippen molar-refractivity contribution in [1.29, 1.82) is 0 Å². The maximum absolute atomic E-state index is 10.7. The van der Waals surface area contributed by atoms with Gasteiger partial charge in [-0.3, -0.25) is 4.79 Å². The lowest BCUT2D eigenvalue weighted by atomic mass is 9.96. The smallest absolute Gasteiger partial charge is 0.308 e. The van der Waals surface area contributed by atoms with Crippen LogP contribution in [0.25, 0.3) is 6.08 Å². The molecule has 6 heteroatoms. The van der Waals surface area contributed by atoms with E-state index in [1.165, 1.54) is 18.3 Å². The number of carboxylic acids is 1. The van der Waals surface area contributed by atoms with Crippen molar-refractivity contribution in [3.63, 3.8) is 0 Å². The number of aryl methyl sites for hydroxylation is 1. The van der Waals surface area contributed by atoms with Crippen LogP contribution >= 0.6 is 11.3 Å². The summed E-state index contributed by atoms with van der Waals surface area (Å²) in [5.41, 5.74) is 1.42. The summed E-state index contributed by atoms with van der Waals surface area (Å²) in [4.78, 5) is 15.0. The van der Waals surface area contributed by atoms with Crippen molar-refractivity contribution in [2.24, 2.45) is 5.92 Å². The maximum Gasteiger partial charge on any atom is 0.308 e. The molecular formula is C13H19NO4S. The molecule has 3 N–H and O–H groups in total. The summed E-state index contributed by atoms with van der Waals surface area (Å²) >= 11 is 1.52. The van der Waals surface area contributed by atoms with Crippen molar-refractivity contribution in [3.05, 3.63) is 21.7 Å². The minimum absolute atomic E-state index is 0.00107. The van der Waals surface area contributed by atoms with Crippen molar-refractivity contribution >= 4 is 23.4 Å². The minimum atomic E-state index is -1.08. The highest BCUT2D eigenvalue weighted by molar-refractivity contribution is 7.09. The normalized spacial score (nSPS) is 17.0. The van der Waals surface area contributed by atoms with Crippen LogP contribution in [-0.4, -0.2) is 38.5 Å². The number of carbonyl (C=O) groups is 1. The van der Waals surface area contributed by atoms with Crippen molar-refractivity contribution in [2.45, 2.75) is 39.4 Å². The second-order valence-corrected chi connectivity index (χ2v) is 5.69. The molecule has 5 nitrogen and oxygen atoms in total. The van der Waals surface area contributed by atoms with E-state index in [-0.39, 0.29) is 6.42 Å². The molecule has 19 heavy (non-hydrogen) atoms. The molecule has 106 valence electrons. The molecule has 0 amide bonds. The average Bonchev–Trinajstić information content (AvgIpc) is 2.73. The molecule has 0 saturated heterocycles. The fourth-order valence-electron chi connectivity index (χ4n) is 1.56. The number of aliphatic carboxylic acids is 1. The predicted molar refractivity (Wildman–Crippen MR) is 73.9 cm³/mol. The second kappa shape index (κ2) is 6.79. The molecule has 1 aromatic heterocycles. The molecule has 0 aliphatic carbocycles. The molecule has 0 saturated carbocycles. The molecular weight excluding hydrogens is 266 g/mol. The Kier molecular flexibility index (Phi) is 5.65. The second-order valence-electron chi connectivity index (χ2n) is 4.63. The Morgan fingerprint density at radius 1 is 1.53 bits per heavy atom. The van der Waals surface area contributed by atoms with Gasteiger partial charge in [-0.05, 0) is 32.4 Å². The van der Waals surface area contributed by atoms with Crippen LogP contribution < -0.4 is 0 Å². The number of rotatable bonds is 6. The van der Waals surface area contributed by atoms with Gasteiger partial charge in [0.1, 0.15) is 0 Å². The molecule has 0 fully saturated rings. The van der Waals surface area contributed by atoms with E-state index in [1.807, 2.05) is 12.3 Å². The Hall–Kier alpha value is -1.24. The van der Waals surface area contributed by atoms with E-state index in [2.05, 4.69) is 4.98 Å². The third-order valence-electron chi connectivity index (χ3n) is 2.97. The number of hydrogen-bond acceptors (Lipinski definition) is 5. The Bertz CT molecular complexity index is 469. The van der Waals surface area contributed by atoms with E-state index in [4.69, 9.17) is 5.11 Å². The van der Waals surface area contributed by atoms with Crippen molar-refractivity contribution < 1.29 is 20.1 Å². The van der Waals surface area contributed by atoms with Gasteiger partial charge in [0.05, 0.1) is 28.8 Å². The molecule has 1 heterocycles. The van der Waals surface area contributed by atoms with Crippen LogP contribution in [0, 0.1) is 12.8 Å². The molecule has 0 spiro atoms. The van der Waals surface area contributed by atoms with Crippen LogP contribution in [0.4, 0.5) is 0 Å². The van der Waals surface area contributed by atoms with Gasteiger partial charge < -0.3 is 15.3 Å². The largest absolute Gasteiger partial charge is 0.481 e. The Morgan fingerprint density at radius 2 is 2.16 bits per heavy atom. The highest BCUT2D eigenvalue weighted by Crippen LogP contribution is 2.18. The standard InChI is InChI=1S/C13H19NO4S/c1-7(4-10-6-19-9(3)14-10)11(15)5-12(16)8(2)13(17)18/h4,6,8,11-12,15-16H,5H2,1-3H3,(H,17,18)/b7-4+/t8-,11+,12+/m0/s1. The van der Waals surface area contributed by atoms with Gasteiger partial charge in [0.15, 0.2) is 0 Å². The van der Waals surface area contributed by atoms with E-state index in [9.17, 15) is 15.0 Å². The molecule has 0 radical (unpaired) electrons. The number of nitrogens with zero attached hydrogens (tertiary/aromatic N) is 1. The summed E-state index contributed by atoms with van der Waals surface area (Å²) < 4.78 is 0. The fourth-order valence-corrected chi connectivity index (χ4v) is 2.13. The maximum atomic E-state index is 10.7. The van der Waals surface area contributed by atoms with Gasteiger partial charge in [0.25, 0.3) is 0 Å². The number of hydrogen-bond donors (Lipinski definition) is 3.